The molecule has 1 aliphatic heterocycles. The summed E-state index contributed by atoms with van der Waals surface area (Å²) in [7, 11) is 0. The Morgan fingerprint density at radius 3 is 2.60 bits per heavy atom. The van der Waals surface area contributed by atoms with Crippen LogP contribution in [-0.2, 0) is 5.60 Å². The minimum atomic E-state index is -1.12. The largest absolute Gasteiger partial charge is 0.385 e. The number of rotatable bonds is 1. The van der Waals surface area contributed by atoms with Crippen molar-refractivity contribution >= 4 is 11.6 Å². The lowest BCUT2D eigenvalue weighted by Gasteiger charge is -2.33. The third kappa shape index (κ3) is 2.00. The standard InChI is InChI=1S/C11H13ClFNO/c12-8-2-1-3-9(13)10(8)11(15)4-6-14-7-5-11/h1-3,14-15H,4-7H2. The molecule has 15 heavy (non-hydrogen) atoms. The van der Waals surface area contributed by atoms with Gasteiger partial charge >= 0.3 is 0 Å². The second-order valence-electron chi connectivity index (χ2n) is 3.88. The van der Waals surface area contributed by atoms with Gasteiger partial charge in [-0.1, -0.05) is 17.7 Å². The molecule has 0 radical (unpaired) electrons. The first-order chi connectivity index (χ1) is 7.13. The van der Waals surface area contributed by atoms with E-state index in [-0.39, 0.29) is 5.56 Å². The number of benzene rings is 1. The smallest absolute Gasteiger partial charge is 0.130 e. The van der Waals surface area contributed by atoms with E-state index in [9.17, 15) is 9.50 Å². The predicted octanol–water partition coefficient (Wildman–Crippen LogP) is 2.05. The zero-order chi connectivity index (χ0) is 10.9. The van der Waals surface area contributed by atoms with Crippen LogP contribution in [0.4, 0.5) is 4.39 Å². The molecule has 1 saturated heterocycles. The normalized spacial score (nSPS) is 20.2. The van der Waals surface area contributed by atoms with Gasteiger partial charge in [0.15, 0.2) is 0 Å². The molecule has 1 aromatic carbocycles. The zero-order valence-electron chi connectivity index (χ0n) is 8.26. The van der Waals surface area contributed by atoms with Crippen LogP contribution in [0.3, 0.4) is 0 Å². The summed E-state index contributed by atoms with van der Waals surface area (Å²) in [6.45, 7) is 1.36. The topological polar surface area (TPSA) is 32.3 Å². The van der Waals surface area contributed by atoms with E-state index in [1.807, 2.05) is 0 Å². The first kappa shape index (κ1) is 10.9. The van der Waals surface area contributed by atoms with Crippen LogP contribution in [0.1, 0.15) is 18.4 Å². The Balaban J connectivity index is 2.42. The molecule has 0 unspecified atom stereocenters. The number of halogens is 2. The summed E-state index contributed by atoms with van der Waals surface area (Å²) in [6.07, 6.45) is 0.987. The van der Waals surface area contributed by atoms with Gasteiger partial charge in [0.25, 0.3) is 0 Å². The molecule has 2 rings (SSSR count). The van der Waals surface area contributed by atoms with Crippen LogP contribution in [0.25, 0.3) is 0 Å². The highest BCUT2D eigenvalue weighted by molar-refractivity contribution is 6.31. The molecule has 4 heteroatoms. The highest BCUT2D eigenvalue weighted by atomic mass is 35.5. The van der Waals surface area contributed by atoms with Crippen molar-refractivity contribution in [1.82, 2.24) is 5.32 Å². The Hall–Kier alpha value is -0.640. The summed E-state index contributed by atoms with van der Waals surface area (Å²) in [5, 5.41) is 13.8. The molecule has 2 N–H and O–H groups in total. The summed E-state index contributed by atoms with van der Waals surface area (Å²) in [4.78, 5) is 0. The zero-order valence-corrected chi connectivity index (χ0v) is 9.02. The van der Waals surface area contributed by atoms with Crippen molar-refractivity contribution in [2.75, 3.05) is 13.1 Å². The van der Waals surface area contributed by atoms with Crippen molar-refractivity contribution in [2.45, 2.75) is 18.4 Å². The van der Waals surface area contributed by atoms with E-state index in [0.29, 0.717) is 31.0 Å². The van der Waals surface area contributed by atoms with Gasteiger partial charge in [0.05, 0.1) is 5.60 Å². The average molecular weight is 230 g/mol. The van der Waals surface area contributed by atoms with E-state index >= 15 is 0 Å². The monoisotopic (exact) mass is 229 g/mol. The Morgan fingerprint density at radius 2 is 2.00 bits per heavy atom. The van der Waals surface area contributed by atoms with Crippen LogP contribution in [0, 0.1) is 5.82 Å². The summed E-state index contributed by atoms with van der Waals surface area (Å²) >= 11 is 5.93. The molecule has 0 saturated carbocycles. The van der Waals surface area contributed by atoms with Crippen molar-refractivity contribution in [3.8, 4) is 0 Å². The Kier molecular flexibility index (Phi) is 2.96. The van der Waals surface area contributed by atoms with Crippen molar-refractivity contribution in [3.05, 3.63) is 34.6 Å². The fraction of sp³-hybridized carbons (Fsp3) is 0.455. The van der Waals surface area contributed by atoms with Crippen LogP contribution in [-0.4, -0.2) is 18.2 Å². The van der Waals surface area contributed by atoms with Crippen LogP contribution < -0.4 is 5.32 Å². The number of hydrogen-bond acceptors (Lipinski definition) is 2. The second kappa shape index (κ2) is 4.08. The molecule has 82 valence electrons. The molecule has 1 aromatic rings. The fourth-order valence-electron chi connectivity index (χ4n) is 2.03. The summed E-state index contributed by atoms with van der Waals surface area (Å²) in [5.74, 6) is -0.424. The van der Waals surface area contributed by atoms with Gasteiger partial charge in [-0.05, 0) is 38.1 Å². The van der Waals surface area contributed by atoms with E-state index in [1.54, 1.807) is 12.1 Å². The van der Waals surface area contributed by atoms with E-state index in [4.69, 9.17) is 11.6 Å². The van der Waals surface area contributed by atoms with Gasteiger partial charge in [0, 0.05) is 10.6 Å². The highest BCUT2D eigenvalue weighted by Crippen LogP contribution is 2.36. The number of hydrogen-bond donors (Lipinski definition) is 2. The van der Waals surface area contributed by atoms with Gasteiger partial charge in [-0.25, -0.2) is 4.39 Å². The Morgan fingerprint density at radius 1 is 1.33 bits per heavy atom. The minimum absolute atomic E-state index is 0.244. The quantitative estimate of drug-likeness (QED) is 0.773. The molecule has 0 spiro atoms. The summed E-state index contributed by atoms with van der Waals surface area (Å²) in [5.41, 5.74) is -0.874. The van der Waals surface area contributed by atoms with Crippen molar-refractivity contribution in [1.29, 1.82) is 0 Å². The Labute approximate surface area is 93.1 Å². The van der Waals surface area contributed by atoms with Gasteiger partial charge in [0.1, 0.15) is 5.82 Å². The minimum Gasteiger partial charge on any atom is -0.385 e. The maximum atomic E-state index is 13.6. The van der Waals surface area contributed by atoms with E-state index in [1.165, 1.54) is 6.07 Å². The highest BCUT2D eigenvalue weighted by Gasteiger charge is 2.35. The SMILES string of the molecule is OC1(c2c(F)cccc2Cl)CCNCC1. The molecule has 1 fully saturated rings. The number of nitrogens with one attached hydrogen (secondary N) is 1. The van der Waals surface area contributed by atoms with E-state index < -0.39 is 11.4 Å². The lowest BCUT2D eigenvalue weighted by atomic mass is 9.85. The maximum absolute atomic E-state index is 13.6. The first-order valence-electron chi connectivity index (χ1n) is 5.01. The lowest BCUT2D eigenvalue weighted by Crippen LogP contribution is -2.40. The third-order valence-corrected chi connectivity index (χ3v) is 3.17. The predicted molar refractivity (Wildman–Crippen MR) is 57.4 cm³/mol. The molecule has 0 atom stereocenters. The number of aliphatic hydroxyl groups is 1. The fourth-order valence-corrected chi connectivity index (χ4v) is 2.37. The average Bonchev–Trinajstić information content (AvgIpc) is 2.18. The van der Waals surface area contributed by atoms with Crippen LogP contribution in [0.2, 0.25) is 5.02 Å². The summed E-state index contributed by atoms with van der Waals surface area (Å²) in [6, 6.07) is 4.49. The molecule has 0 aromatic heterocycles. The van der Waals surface area contributed by atoms with E-state index in [0.717, 1.165) is 0 Å². The van der Waals surface area contributed by atoms with Gasteiger partial charge in [0.2, 0.25) is 0 Å². The first-order valence-corrected chi connectivity index (χ1v) is 5.39. The van der Waals surface area contributed by atoms with Gasteiger partial charge in [-0.3, -0.25) is 0 Å². The maximum Gasteiger partial charge on any atom is 0.130 e. The molecule has 2 nitrogen and oxygen atoms in total. The second-order valence-corrected chi connectivity index (χ2v) is 4.29. The molecule has 0 aliphatic carbocycles. The van der Waals surface area contributed by atoms with Crippen LogP contribution in [0.5, 0.6) is 0 Å². The van der Waals surface area contributed by atoms with Crippen molar-refractivity contribution < 1.29 is 9.50 Å². The van der Waals surface area contributed by atoms with Gasteiger partial charge in [-0.15, -0.1) is 0 Å². The van der Waals surface area contributed by atoms with Crippen molar-refractivity contribution in [2.24, 2.45) is 0 Å². The lowest BCUT2D eigenvalue weighted by molar-refractivity contribution is 0.00288. The van der Waals surface area contributed by atoms with Crippen molar-refractivity contribution in [3.63, 3.8) is 0 Å². The van der Waals surface area contributed by atoms with Crippen LogP contribution >= 0.6 is 11.6 Å². The molecule has 1 aliphatic rings. The Bertz CT molecular complexity index is 343. The van der Waals surface area contributed by atoms with Crippen LogP contribution in [0.15, 0.2) is 18.2 Å². The number of piperidine rings is 1. The molecule has 1 heterocycles. The third-order valence-electron chi connectivity index (χ3n) is 2.86. The van der Waals surface area contributed by atoms with Gasteiger partial charge < -0.3 is 10.4 Å². The summed E-state index contributed by atoms with van der Waals surface area (Å²) < 4.78 is 13.6. The molecule has 0 bridgehead atoms. The van der Waals surface area contributed by atoms with Gasteiger partial charge in [-0.2, -0.15) is 0 Å². The molecule has 0 amide bonds. The molecular formula is C11H13ClFNO. The van der Waals surface area contributed by atoms with E-state index in [2.05, 4.69) is 5.32 Å². The molecular weight excluding hydrogens is 217 g/mol.